The molecular weight excluding hydrogens is 226 g/mol. The number of rotatable bonds is 6. The molecule has 0 spiro atoms. The summed E-state index contributed by atoms with van der Waals surface area (Å²) < 4.78 is 11.1. The molecule has 3 nitrogen and oxygen atoms in total. The van der Waals surface area contributed by atoms with E-state index >= 15 is 0 Å². The summed E-state index contributed by atoms with van der Waals surface area (Å²) in [5.41, 5.74) is 2.80. The Morgan fingerprint density at radius 2 is 2.28 bits per heavy atom. The van der Waals surface area contributed by atoms with E-state index in [-0.39, 0.29) is 6.10 Å². The van der Waals surface area contributed by atoms with Crippen LogP contribution in [0.5, 0.6) is 0 Å². The second-order valence-electron chi connectivity index (χ2n) is 4.81. The topological polar surface area (TPSA) is 30.5 Å². The zero-order chi connectivity index (χ0) is 12.8. The van der Waals surface area contributed by atoms with Gasteiger partial charge in [0.25, 0.3) is 0 Å². The van der Waals surface area contributed by atoms with Gasteiger partial charge < -0.3 is 14.8 Å². The Bertz CT molecular complexity index is 367. The van der Waals surface area contributed by atoms with Crippen molar-refractivity contribution in [3.05, 3.63) is 35.4 Å². The van der Waals surface area contributed by atoms with Gasteiger partial charge in [-0.25, -0.2) is 0 Å². The SMILES string of the molecule is CNC(CCOC)CC1OCCc2ccccc21. The van der Waals surface area contributed by atoms with E-state index in [9.17, 15) is 0 Å². The first-order valence-corrected chi connectivity index (χ1v) is 6.70. The number of hydrogen-bond acceptors (Lipinski definition) is 3. The standard InChI is InChI=1S/C15H23NO2/c1-16-13(8-9-17-2)11-15-14-6-4-3-5-12(14)7-10-18-15/h3-6,13,15-16H,7-11H2,1-2H3. The average Bonchev–Trinajstić information content (AvgIpc) is 2.43. The molecule has 2 unspecified atom stereocenters. The van der Waals surface area contributed by atoms with Crippen molar-refractivity contribution in [2.75, 3.05) is 27.4 Å². The molecular formula is C15H23NO2. The van der Waals surface area contributed by atoms with Crippen LogP contribution in [0.3, 0.4) is 0 Å². The van der Waals surface area contributed by atoms with Crippen LogP contribution in [0.15, 0.2) is 24.3 Å². The normalized spacial score (nSPS) is 20.4. The number of fused-ring (bicyclic) bond motifs is 1. The second kappa shape index (κ2) is 6.88. The van der Waals surface area contributed by atoms with E-state index in [2.05, 4.69) is 29.6 Å². The quantitative estimate of drug-likeness (QED) is 0.839. The maximum absolute atomic E-state index is 5.94. The fraction of sp³-hybridized carbons (Fsp3) is 0.600. The first kappa shape index (κ1) is 13.5. The van der Waals surface area contributed by atoms with Crippen LogP contribution in [0.2, 0.25) is 0 Å². The molecule has 2 atom stereocenters. The molecule has 1 aliphatic rings. The fourth-order valence-corrected chi connectivity index (χ4v) is 2.57. The van der Waals surface area contributed by atoms with Crippen molar-refractivity contribution in [1.29, 1.82) is 0 Å². The van der Waals surface area contributed by atoms with E-state index in [1.807, 2.05) is 7.05 Å². The highest BCUT2D eigenvalue weighted by atomic mass is 16.5. The van der Waals surface area contributed by atoms with Gasteiger partial charge in [0.2, 0.25) is 0 Å². The van der Waals surface area contributed by atoms with E-state index in [1.54, 1.807) is 7.11 Å². The van der Waals surface area contributed by atoms with Crippen molar-refractivity contribution in [2.45, 2.75) is 31.4 Å². The van der Waals surface area contributed by atoms with Crippen LogP contribution in [0.1, 0.15) is 30.1 Å². The first-order chi connectivity index (χ1) is 8.85. The predicted molar refractivity (Wildman–Crippen MR) is 72.8 cm³/mol. The van der Waals surface area contributed by atoms with Gasteiger partial charge in [0.05, 0.1) is 12.7 Å². The molecule has 1 aromatic rings. The molecule has 3 heteroatoms. The number of benzene rings is 1. The summed E-state index contributed by atoms with van der Waals surface area (Å²) in [6.07, 6.45) is 3.30. The lowest BCUT2D eigenvalue weighted by Crippen LogP contribution is -2.30. The molecule has 0 fully saturated rings. The van der Waals surface area contributed by atoms with Crippen LogP contribution in [0.25, 0.3) is 0 Å². The summed E-state index contributed by atoms with van der Waals surface area (Å²) in [4.78, 5) is 0. The monoisotopic (exact) mass is 249 g/mol. The minimum absolute atomic E-state index is 0.226. The van der Waals surface area contributed by atoms with Gasteiger partial charge in [-0.3, -0.25) is 0 Å². The molecule has 0 saturated carbocycles. The van der Waals surface area contributed by atoms with Gasteiger partial charge in [-0.05, 0) is 37.4 Å². The Labute approximate surface area is 109 Å². The highest BCUT2D eigenvalue weighted by Crippen LogP contribution is 2.30. The molecule has 1 heterocycles. The summed E-state index contributed by atoms with van der Waals surface area (Å²) >= 11 is 0. The molecule has 0 bridgehead atoms. The maximum Gasteiger partial charge on any atom is 0.0842 e. The Kier molecular flexibility index (Phi) is 5.17. The van der Waals surface area contributed by atoms with E-state index in [0.717, 1.165) is 32.5 Å². The van der Waals surface area contributed by atoms with Crippen molar-refractivity contribution in [3.8, 4) is 0 Å². The van der Waals surface area contributed by atoms with E-state index < -0.39 is 0 Å². The average molecular weight is 249 g/mol. The van der Waals surface area contributed by atoms with Crippen molar-refractivity contribution in [2.24, 2.45) is 0 Å². The number of ether oxygens (including phenoxy) is 2. The lowest BCUT2D eigenvalue weighted by molar-refractivity contribution is 0.0274. The fourth-order valence-electron chi connectivity index (χ4n) is 2.57. The molecule has 0 amide bonds. The van der Waals surface area contributed by atoms with E-state index in [4.69, 9.17) is 9.47 Å². The van der Waals surface area contributed by atoms with Gasteiger partial charge in [-0.1, -0.05) is 24.3 Å². The molecule has 1 aromatic carbocycles. The minimum atomic E-state index is 0.226. The van der Waals surface area contributed by atoms with Crippen molar-refractivity contribution >= 4 is 0 Å². The smallest absolute Gasteiger partial charge is 0.0842 e. The number of methoxy groups -OCH3 is 1. The van der Waals surface area contributed by atoms with E-state index in [0.29, 0.717) is 6.04 Å². The molecule has 0 radical (unpaired) electrons. The van der Waals surface area contributed by atoms with Gasteiger partial charge in [0, 0.05) is 19.8 Å². The molecule has 100 valence electrons. The van der Waals surface area contributed by atoms with Crippen molar-refractivity contribution < 1.29 is 9.47 Å². The predicted octanol–water partition coefficient (Wildman–Crippen LogP) is 2.32. The lowest BCUT2D eigenvalue weighted by atomic mass is 9.93. The highest BCUT2D eigenvalue weighted by molar-refractivity contribution is 5.31. The lowest BCUT2D eigenvalue weighted by Gasteiger charge is -2.29. The van der Waals surface area contributed by atoms with Gasteiger partial charge >= 0.3 is 0 Å². The molecule has 1 N–H and O–H groups in total. The first-order valence-electron chi connectivity index (χ1n) is 6.70. The zero-order valence-corrected chi connectivity index (χ0v) is 11.3. The highest BCUT2D eigenvalue weighted by Gasteiger charge is 2.23. The minimum Gasteiger partial charge on any atom is -0.385 e. The number of nitrogens with one attached hydrogen (secondary N) is 1. The molecule has 0 aliphatic carbocycles. The van der Waals surface area contributed by atoms with Gasteiger partial charge in [-0.15, -0.1) is 0 Å². The largest absolute Gasteiger partial charge is 0.385 e. The van der Waals surface area contributed by atoms with Crippen molar-refractivity contribution in [3.63, 3.8) is 0 Å². The summed E-state index contributed by atoms with van der Waals surface area (Å²) in [7, 11) is 3.76. The van der Waals surface area contributed by atoms with Crippen LogP contribution in [0, 0.1) is 0 Å². The Morgan fingerprint density at radius 3 is 3.06 bits per heavy atom. The zero-order valence-electron chi connectivity index (χ0n) is 11.3. The molecule has 18 heavy (non-hydrogen) atoms. The second-order valence-corrected chi connectivity index (χ2v) is 4.81. The molecule has 2 rings (SSSR count). The Balaban J connectivity index is 2.01. The Morgan fingerprint density at radius 1 is 1.44 bits per heavy atom. The Hall–Kier alpha value is -0.900. The molecule has 0 aromatic heterocycles. The third-order valence-electron chi connectivity index (χ3n) is 3.67. The third-order valence-corrected chi connectivity index (χ3v) is 3.67. The van der Waals surface area contributed by atoms with Crippen LogP contribution < -0.4 is 5.32 Å². The van der Waals surface area contributed by atoms with Crippen LogP contribution in [-0.4, -0.2) is 33.4 Å². The van der Waals surface area contributed by atoms with E-state index in [1.165, 1.54) is 11.1 Å². The summed E-state index contributed by atoms with van der Waals surface area (Å²) in [5, 5.41) is 3.35. The summed E-state index contributed by atoms with van der Waals surface area (Å²) in [6.45, 7) is 1.63. The van der Waals surface area contributed by atoms with Crippen LogP contribution >= 0.6 is 0 Å². The third kappa shape index (κ3) is 3.31. The maximum atomic E-state index is 5.94. The molecule has 0 saturated heterocycles. The van der Waals surface area contributed by atoms with Crippen LogP contribution in [-0.2, 0) is 15.9 Å². The van der Waals surface area contributed by atoms with Gasteiger partial charge in [0.1, 0.15) is 0 Å². The molecule has 1 aliphatic heterocycles. The number of hydrogen-bond donors (Lipinski definition) is 1. The summed E-state index contributed by atoms with van der Waals surface area (Å²) in [5.74, 6) is 0. The van der Waals surface area contributed by atoms with Gasteiger partial charge in [-0.2, -0.15) is 0 Å². The van der Waals surface area contributed by atoms with Crippen molar-refractivity contribution in [1.82, 2.24) is 5.32 Å². The van der Waals surface area contributed by atoms with Crippen LogP contribution in [0.4, 0.5) is 0 Å². The summed E-state index contributed by atoms with van der Waals surface area (Å²) in [6, 6.07) is 9.07. The van der Waals surface area contributed by atoms with Gasteiger partial charge in [0.15, 0.2) is 0 Å².